The maximum atomic E-state index is 12.1. The van der Waals surface area contributed by atoms with Gasteiger partial charge in [0.2, 0.25) is 0 Å². The molecule has 5 heteroatoms. The van der Waals surface area contributed by atoms with Crippen molar-refractivity contribution in [3.63, 3.8) is 0 Å². The van der Waals surface area contributed by atoms with E-state index in [9.17, 15) is 9.59 Å². The molecular weight excluding hydrogens is 310 g/mol. The highest BCUT2D eigenvalue weighted by Gasteiger charge is 2.22. The van der Waals surface area contributed by atoms with Gasteiger partial charge in [-0.15, -0.1) is 0 Å². The summed E-state index contributed by atoms with van der Waals surface area (Å²) in [7, 11) is 0. The van der Waals surface area contributed by atoms with E-state index in [4.69, 9.17) is 5.11 Å². The number of carbonyl (C=O) groups is 2. The number of benzene rings is 1. The van der Waals surface area contributed by atoms with Crippen molar-refractivity contribution in [2.75, 3.05) is 0 Å². The number of hydrogen-bond donors (Lipinski definition) is 2. The molecular formula is C14H18BrNO3. The second-order valence-corrected chi connectivity index (χ2v) is 5.87. The molecule has 0 heterocycles. The molecule has 104 valence electrons. The molecule has 0 fully saturated rings. The zero-order valence-electron chi connectivity index (χ0n) is 11.2. The van der Waals surface area contributed by atoms with Crippen LogP contribution in [0.25, 0.3) is 0 Å². The van der Waals surface area contributed by atoms with Crippen LogP contribution in [0.15, 0.2) is 22.7 Å². The Morgan fingerprint density at radius 2 is 2.00 bits per heavy atom. The minimum absolute atomic E-state index is 0.199. The lowest BCUT2D eigenvalue weighted by atomic mass is 10.0. The molecule has 1 aromatic carbocycles. The lowest BCUT2D eigenvalue weighted by molar-refractivity contribution is -0.139. The highest BCUT2D eigenvalue weighted by atomic mass is 79.9. The molecule has 1 amide bonds. The molecule has 0 saturated heterocycles. The Balaban J connectivity index is 2.87. The van der Waals surface area contributed by atoms with E-state index >= 15 is 0 Å². The number of halogens is 1. The van der Waals surface area contributed by atoms with Crippen LogP contribution in [0, 0.1) is 12.8 Å². The molecule has 0 aliphatic heterocycles. The van der Waals surface area contributed by atoms with Crippen LogP contribution < -0.4 is 5.32 Å². The van der Waals surface area contributed by atoms with Crippen LogP contribution in [0.4, 0.5) is 0 Å². The van der Waals surface area contributed by atoms with Crippen LogP contribution in [0.2, 0.25) is 0 Å². The molecule has 1 aromatic rings. The van der Waals surface area contributed by atoms with Gasteiger partial charge in [0.25, 0.3) is 5.91 Å². The van der Waals surface area contributed by atoms with E-state index in [1.807, 2.05) is 32.9 Å². The van der Waals surface area contributed by atoms with Gasteiger partial charge in [-0.3, -0.25) is 4.79 Å². The van der Waals surface area contributed by atoms with Crippen molar-refractivity contribution in [2.45, 2.75) is 33.2 Å². The Morgan fingerprint density at radius 1 is 1.37 bits per heavy atom. The summed E-state index contributed by atoms with van der Waals surface area (Å²) in [4.78, 5) is 23.2. The molecule has 0 unspecified atom stereocenters. The first kappa shape index (κ1) is 15.7. The molecule has 0 radical (unpaired) electrons. The van der Waals surface area contributed by atoms with Gasteiger partial charge in [-0.25, -0.2) is 4.79 Å². The number of hydrogen-bond acceptors (Lipinski definition) is 2. The van der Waals surface area contributed by atoms with Crippen molar-refractivity contribution in [3.05, 3.63) is 33.8 Å². The Hall–Kier alpha value is -1.36. The summed E-state index contributed by atoms with van der Waals surface area (Å²) in [6.07, 6.45) is 0.411. The van der Waals surface area contributed by atoms with Crippen LogP contribution in [0.5, 0.6) is 0 Å². The third-order valence-electron chi connectivity index (χ3n) is 2.75. The lowest BCUT2D eigenvalue weighted by Gasteiger charge is -2.17. The number of carboxylic acid groups (broad SMARTS) is 1. The number of aryl methyl sites for hydroxylation is 1. The average Bonchev–Trinajstić information content (AvgIpc) is 2.30. The molecule has 0 bridgehead atoms. The normalized spacial score (nSPS) is 12.3. The van der Waals surface area contributed by atoms with E-state index in [1.165, 1.54) is 0 Å². The molecule has 0 aliphatic carbocycles. The molecule has 19 heavy (non-hydrogen) atoms. The van der Waals surface area contributed by atoms with Crippen molar-refractivity contribution < 1.29 is 14.7 Å². The molecule has 2 N–H and O–H groups in total. The predicted molar refractivity (Wildman–Crippen MR) is 77.2 cm³/mol. The van der Waals surface area contributed by atoms with Crippen molar-refractivity contribution in [1.29, 1.82) is 0 Å². The van der Waals surface area contributed by atoms with Gasteiger partial charge >= 0.3 is 5.97 Å². The maximum Gasteiger partial charge on any atom is 0.326 e. The standard InChI is InChI=1S/C14H18BrNO3/c1-8(2)6-12(14(18)19)16-13(17)11-7-10(15)5-4-9(11)3/h4-5,7-8,12H,6H2,1-3H3,(H,16,17)(H,18,19)/t12-/m0/s1. The SMILES string of the molecule is Cc1ccc(Br)cc1C(=O)N[C@@H](CC(C)C)C(=O)O. The summed E-state index contributed by atoms with van der Waals surface area (Å²) >= 11 is 3.30. The Kier molecular flexibility index (Phi) is 5.54. The van der Waals surface area contributed by atoms with Gasteiger partial charge in [0.1, 0.15) is 6.04 Å². The van der Waals surface area contributed by atoms with E-state index < -0.39 is 12.0 Å². The minimum Gasteiger partial charge on any atom is -0.480 e. The Labute approximate surface area is 121 Å². The summed E-state index contributed by atoms with van der Waals surface area (Å²) in [5.41, 5.74) is 1.30. The predicted octanol–water partition coefficient (Wildman–Crippen LogP) is 2.99. The maximum absolute atomic E-state index is 12.1. The second kappa shape index (κ2) is 6.70. The Bertz CT molecular complexity index is 486. The fourth-order valence-corrected chi connectivity index (χ4v) is 2.13. The fourth-order valence-electron chi connectivity index (χ4n) is 1.77. The summed E-state index contributed by atoms with van der Waals surface area (Å²) < 4.78 is 0.791. The van der Waals surface area contributed by atoms with Crippen molar-refractivity contribution >= 4 is 27.8 Å². The van der Waals surface area contributed by atoms with Gasteiger partial charge in [0.15, 0.2) is 0 Å². The number of aliphatic carboxylic acids is 1. The molecule has 0 saturated carbocycles. The molecule has 0 spiro atoms. The van der Waals surface area contributed by atoms with E-state index in [-0.39, 0.29) is 11.8 Å². The van der Waals surface area contributed by atoms with E-state index in [2.05, 4.69) is 21.2 Å². The van der Waals surface area contributed by atoms with E-state index in [0.29, 0.717) is 12.0 Å². The lowest BCUT2D eigenvalue weighted by Crippen LogP contribution is -2.41. The van der Waals surface area contributed by atoms with E-state index in [1.54, 1.807) is 6.07 Å². The van der Waals surface area contributed by atoms with Crippen molar-refractivity contribution in [1.82, 2.24) is 5.32 Å². The van der Waals surface area contributed by atoms with Crippen molar-refractivity contribution in [2.24, 2.45) is 5.92 Å². The topological polar surface area (TPSA) is 66.4 Å². The largest absolute Gasteiger partial charge is 0.480 e. The monoisotopic (exact) mass is 327 g/mol. The molecule has 1 atom stereocenters. The van der Waals surface area contributed by atoms with Crippen LogP contribution in [-0.4, -0.2) is 23.0 Å². The smallest absolute Gasteiger partial charge is 0.326 e. The van der Waals surface area contributed by atoms with Gasteiger partial charge in [-0.05, 0) is 37.0 Å². The van der Waals surface area contributed by atoms with E-state index in [0.717, 1.165) is 10.0 Å². The zero-order valence-corrected chi connectivity index (χ0v) is 12.8. The van der Waals surface area contributed by atoms with Crippen LogP contribution in [-0.2, 0) is 4.79 Å². The first-order valence-electron chi connectivity index (χ1n) is 6.11. The third kappa shape index (κ3) is 4.67. The summed E-state index contributed by atoms with van der Waals surface area (Å²) in [5.74, 6) is -1.16. The van der Waals surface area contributed by atoms with Gasteiger partial charge < -0.3 is 10.4 Å². The minimum atomic E-state index is -1.00. The number of carbonyl (C=O) groups excluding carboxylic acids is 1. The number of carboxylic acids is 1. The summed E-state index contributed by atoms with van der Waals surface area (Å²) in [5, 5.41) is 11.7. The number of amides is 1. The van der Waals surface area contributed by atoms with Gasteiger partial charge in [0, 0.05) is 10.0 Å². The zero-order chi connectivity index (χ0) is 14.6. The van der Waals surface area contributed by atoms with Gasteiger partial charge in [0.05, 0.1) is 0 Å². The summed E-state index contributed by atoms with van der Waals surface area (Å²) in [6.45, 7) is 5.67. The number of rotatable bonds is 5. The van der Waals surface area contributed by atoms with Gasteiger partial charge in [-0.2, -0.15) is 0 Å². The van der Waals surface area contributed by atoms with Crippen LogP contribution in [0.1, 0.15) is 36.2 Å². The second-order valence-electron chi connectivity index (χ2n) is 4.95. The average molecular weight is 328 g/mol. The van der Waals surface area contributed by atoms with Crippen molar-refractivity contribution in [3.8, 4) is 0 Å². The number of nitrogens with one attached hydrogen (secondary N) is 1. The molecule has 0 aliphatic rings. The van der Waals surface area contributed by atoms with Gasteiger partial charge in [-0.1, -0.05) is 35.8 Å². The Morgan fingerprint density at radius 3 is 2.53 bits per heavy atom. The van der Waals surface area contributed by atoms with Crippen LogP contribution in [0.3, 0.4) is 0 Å². The highest BCUT2D eigenvalue weighted by Crippen LogP contribution is 2.16. The third-order valence-corrected chi connectivity index (χ3v) is 3.25. The fraction of sp³-hybridized carbons (Fsp3) is 0.429. The molecule has 0 aromatic heterocycles. The quantitative estimate of drug-likeness (QED) is 0.873. The first-order valence-corrected chi connectivity index (χ1v) is 6.90. The summed E-state index contributed by atoms with van der Waals surface area (Å²) in [6, 6.07) is 4.50. The first-order chi connectivity index (χ1) is 8.81. The molecule has 4 nitrogen and oxygen atoms in total. The molecule has 1 rings (SSSR count). The van der Waals surface area contributed by atoms with Crippen LogP contribution >= 0.6 is 15.9 Å². The highest BCUT2D eigenvalue weighted by molar-refractivity contribution is 9.10.